The van der Waals surface area contributed by atoms with Gasteiger partial charge in [-0.2, -0.15) is 5.10 Å². The van der Waals surface area contributed by atoms with Gasteiger partial charge < -0.3 is 4.74 Å². The number of aromatic nitrogens is 1. The highest BCUT2D eigenvalue weighted by Crippen LogP contribution is 2.24. The van der Waals surface area contributed by atoms with Gasteiger partial charge in [-0.05, 0) is 18.6 Å². The van der Waals surface area contributed by atoms with Crippen molar-refractivity contribution in [2.24, 2.45) is 5.10 Å². The lowest BCUT2D eigenvalue weighted by molar-refractivity contribution is 0.304. The number of thiazole rings is 1. The van der Waals surface area contributed by atoms with Crippen LogP contribution < -0.4 is 10.2 Å². The minimum atomic E-state index is 0.741. The molecule has 0 fully saturated rings. The number of nitrogens with one attached hydrogen (secondary N) is 1. The average molecular weight is 380 g/mol. The van der Waals surface area contributed by atoms with Crippen molar-refractivity contribution in [2.45, 2.75) is 32.6 Å². The second-order valence-corrected chi connectivity index (χ2v) is 7.08. The molecule has 4 nitrogen and oxygen atoms in total. The Morgan fingerprint density at radius 1 is 1.04 bits per heavy atom. The summed E-state index contributed by atoms with van der Waals surface area (Å²) in [6.45, 7) is 2.95. The zero-order chi connectivity index (χ0) is 18.7. The highest BCUT2D eigenvalue weighted by Gasteiger charge is 2.04. The molecule has 1 N–H and O–H groups in total. The lowest BCUT2D eigenvalue weighted by Gasteiger charge is -2.08. The minimum Gasteiger partial charge on any atom is -0.493 e. The monoisotopic (exact) mass is 379 g/mol. The molecule has 0 saturated heterocycles. The number of hydrazone groups is 1. The van der Waals surface area contributed by atoms with E-state index in [0.717, 1.165) is 40.7 Å². The van der Waals surface area contributed by atoms with Gasteiger partial charge >= 0.3 is 0 Å². The predicted molar refractivity (Wildman–Crippen MR) is 115 cm³/mol. The van der Waals surface area contributed by atoms with E-state index in [2.05, 4.69) is 34.6 Å². The molecule has 0 spiro atoms. The molecule has 0 aliphatic rings. The van der Waals surface area contributed by atoms with E-state index in [1.165, 1.54) is 30.6 Å². The van der Waals surface area contributed by atoms with Crippen molar-refractivity contribution in [2.75, 3.05) is 12.0 Å². The number of hydrogen-bond donors (Lipinski definition) is 1. The van der Waals surface area contributed by atoms with Gasteiger partial charge in [-0.3, -0.25) is 5.43 Å². The van der Waals surface area contributed by atoms with Crippen LogP contribution in [0.3, 0.4) is 0 Å². The van der Waals surface area contributed by atoms with Gasteiger partial charge in [0.1, 0.15) is 5.75 Å². The molecule has 0 aliphatic heterocycles. The van der Waals surface area contributed by atoms with Gasteiger partial charge in [0, 0.05) is 16.5 Å². The van der Waals surface area contributed by atoms with E-state index in [4.69, 9.17) is 4.74 Å². The maximum absolute atomic E-state index is 5.92. The van der Waals surface area contributed by atoms with E-state index < -0.39 is 0 Å². The summed E-state index contributed by atoms with van der Waals surface area (Å²) in [5, 5.41) is 7.13. The summed E-state index contributed by atoms with van der Waals surface area (Å²) in [5.74, 6) is 0.865. The van der Waals surface area contributed by atoms with Crippen molar-refractivity contribution in [3.63, 3.8) is 0 Å². The van der Waals surface area contributed by atoms with Crippen molar-refractivity contribution >= 4 is 22.7 Å². The number of para-hydroxylation sites is 1. The van der Waals surface area contributed by atoms with E-state index >= 15 is 0 Å². The largest absolute Gasteiger partial charge is 0.493 e. The second kappa shape index (κ2) is 10.5. The van der Waals surface area contributed by atoms with E-state index in [1.807, 2.05) is 47.8 Å². The number of hydrogen-bond acceptors (Lipinski definition) is 5. The molecule has 0 unspecified atom stereocenters. The smallest absolute Gasteiger partial charge is 0.203 e. The Morgan fingerprint density at radius 2 is 1.85 bits per heavy atom. The van der Waals surface area contributed by atoms with Crippen LogP contribution in [0.5, 0.6) is 5.75 Å². The van der Waals surface area contributed by atoms with Crippen LogP contribution in [0.1, 0.15) is 38.2 Å². The van der Waals surface area contributed by atoms with Crippen LogP contribution in [0, 0.1) is 0 Å². The van der Waals surface area contributed by atoms with E-state index in [-0.39, 0.29) is 0 Å². The van der Waals surface area contributed by atoms with Crippen LogP contribution in [-0.2, 0) is 0 Å². The number of nitrogens with zero attached hydrogens (tertiary/aromatic N) is 2. The van der Waals surface area contributed by atoms with Gasteiger partial charge in [-0.15, -0.1) is 11.3 Å². The quantitative estimate of drug-likeness (QED) is 0.258. The molecular formula is C22H25N3OS. The third-order valence-corrected chi connectivity index (χ3v) is 4.86. The number of rotatable bonds is 10. The molecule has 1 aromatic heterocycles. The fourth-order valence-electron chi connectivity index (χ4n) is 2.65. The molecule has 2 aromatic carbocycles. The summed E-state index contributed by atoms with van der Waals surface area (Å²) in [4.78, 5) is 4.57. The zero-order valence-corrected chi connectivity index (χ0v) is 16.4. The molecule has 3 aromatic rings. The first kappa shape index (κ1) is 19.1. The zero-order valence-electron chi connectivity index (χ0n) is 15.6. The number of unbranched alkanes of at least 4 members (excludes halogenated alkanes) is 3. The fraction of sp³-hybridized carbons (Fsp3) is 0.273. The Balaban J connectivity index is 1.56. The molecule has 0 bridgehead atoms. The van der Waals surface area contributed by atoms with Gasteiger partial charge in [0.2, 0.25) is 5.13 Å². The van der Waals surface area contributed by atoms with Gasteiger partial charge in [0.05, 0.1) is 18.5 Å². The Labute approximate surface area is 164 Å². The molecule has 27 heavy (non-hydrogen) atoms. The summed E-state index contributed by atoms with van der Waals surface area (Å²) < 4.78 is 5.92. The van der Waals surface area contributed by atoms with Crippen molar-refractivity contribution in [3.05, 3.63) is 65.5 Å². The van der Waals surface area contributed by atoms with Crippen LogP contribution >= 0.6 is 11.3 Å². The maximum Gasteiger partial charge on any atom is 0.203 e. The normalized spacial score (nSPS) is 11.0. The molecule has 0 amide bonds. The SMILES string of the molecule is CCCCCCOc1ccccc1/C=N\Nc1nc(-c2ccccc2)cs1. The summed E-state index contributed by atoms with van der Waals surface area (Å²) in [5.41, 5.74) is 6.03. The lowest BCUT2D eigenvalue weighted by Crippen LogP contribution is -2.00. The molecule has 3 rings (SSSR count). The number of ether oxygens (including phenoxy) is 1. The van der Waals surface area contributed by atoms with Gasteiger partial charge in [0.25, 0.3) is 0 Å². The van der Waals surface area contributed by atoms with Gasteiger partial charge in [-0.25, -0.2) is 4.98 Å². The predicted octanol–water partition coefficient (Wildman–Crippen LogP) is 6.22. The van der Waals surface area contributed by atoms with Crippen molar-refractivity contribution in [3.8, 4) is 17.0 Å². The highest BCUT2D eigenvalue weighted by molar-refractivity contribution is 7.14. The van der Waals surface area contributed by atoms with Gasteiger partial charge in [0.15, 0.2) is 0 Å². The lowest BCUT2D eigenvalue weighted by atomic mass is 10.2. The van der Waals surface area contributed by atoms with Crippen LogP contribution in [0.15, 0.2) is 65.1 Å². The van der Waals surface area contributed by atoms with Crippen LogP contribution in [0.4, 0.5) is 5.13 Å². The molecule has 0 atom stereocenters. The third-order valence-electron chi connectivity index (χ3n) is 4.11. The second-order valence-electron chi connectivity index (χ2n) is 6.22. The summed E-state index contributed by atoms with van der Waals surface area (Å²) in [6.07, 6.45) is 6.57. The van der Waals surface area contributed by atoms with Crippen molar-refractivity contribution < 1.29 is 4.74 Å². The molecule has 0 aliphatic carbocycles. The Hall–Kier alpha value is -2.66. The molecule has 5 heteroatoms. The first-order chi connectivity index (χ1) is 13.4. The fourth-order valence-corrected chi connectivity index (χ4v) is 3.32. The first-order valence-electron chi connectivity index (χ1n) is 9.38. The number of benzene rings is 2. The highest BCUT2D eigenvalue weighted by atomic mass is 32.1. The molecule has 0 radical (unpaired) electrons. The molecule has 0 saturated carbocycles. The Bertz CT molecular complexity index is 846. The van der Waals surface area contributed by atoms with E-state index in [0.29, 0.717) is 0 Å². The third kappa shape index (κ3) is 5.93. The Kier molecular flexibility index (Phi) is 7.42. The van der Waals surface area contributed by atoms with Crippen LogP contribution in [0.2, 0.25) is 0 Å². The molecular weight excluding hydrogens is 354 g/mol. The van der Waals surface area contributed by atoms with Gasteiger partial charge in [-0.1, -0.05) is 68.7 Å². The number of anilines is 1. The minimum absolute atomic E-state index is 0.741. The topological polar surface area (TPSA) is 46.5 Å². The average Bonchev–Trinajstić information content (AvgIpc) is 3.18. The first-order valence-corrected chi connectivity index (χ1v) is 10.3. The maximum atomic E-state index is 5.92. The summed E-state index contributed by atoms with van der Waals surface area (Å²) in [6, 6.07) is 18.1. The van der Waals surface area contributed by atoms with Crippen molar-refractivity contribution in [1.29, 1.82) is 0 Å². The van der Waals surface area contributed by atoms with Crippen LogP contribution in [0.25, 0.3) is 11.3 Å². The van der Waals surface area contributed by atoms with E-state index in [1.54, 1.807) is 6.21 Å². The molecule has 1 heterocycles. The molecule has 140 valence electrons. The standard InChI is InChI=1S/C22H25N3OS/c1-2-3-4-10-15-26-21-14-9-8-13-19(21)16-23-25-22-24-20(17-27-22)18-11-6-5-7-12-18/h5-9,11-14,16-17H,2-4,10,15H2,1H3,(H,24,25)/b23-16-. The Morgan fingerprint density at radius 3 is 2.70 bits per heavy atom. The summed E-state index contributed by atoms with van der Waals surface area (Å²) >= 11 is 1.54. The summed E-state index contributed by atoms with van der Waals surface area (Å²) in [7, 11) is 0. The van der Waals surface area contributed by atoms with Crippen LogP contribution in [-0.4, -0.2) is 17.8 Å². The van der Waals surface area contributed by atoms with E-state index in [9.17, 15) is 0 Å². The van der Waals surface area contributed by atoms with Crippen molar-refractivity contribution in [1.82, 2.24) is 4.98 Å².